The molecule has 3 N–H and O–H groups in total. The molecule has 0 radical (unpaired) electrons. The van der Waals surface area contributed by atoms with E-state index >= 15 is 0 Å². The molecule has 7 nitrogen and oxygen atoms in total. The molecule has 0 aliphatic rings. The largest absolute Gasteiger partial charge is 0.480 e. The Morgan fingerprint density at radius 3 is 2.62 bits per heavy atom. The van der Waals surface area contributed by atoms with Crippen molar-refractivity contribution in [3.05, 3.63) is 39.1 Å². The van der Waals surface area contributed by atoms with Gasteiger partial charge in [0.25, 0.3) is 5.69 Å². The van der Waals surface area contributed by atoms with Gasteiger partial charge in [0.2, 0.25) is 0 Å². The zero-order valence-electron chi connectivity index (χ0n) is 12.1. The van der Waals surface area contributed by atoms with Gasteiger partial charge in [-0.1, -0.05) is 0 Å². The lowest BCUT2D eigenvalue weighted by Crippen LogP contribution is -2.32. The molecule has 1 aromatic carbocycles. The molecule has 2 aromatic rings. The molecule has 21 heavy (non-hydrogen) atoms. The summed E-state index contributed by atoms with van der Waals surface area (Å²) in [5.74, 6) is -1.12. The molecule has 0 amide bonds. The predicted octanol–water partition coefficient (Wildman–Crippen LogP) is 1.66. The quantitative estimate of drug-likeness (QED) is 0.657. The number of aliphatic carboxylic acids is 1. The molecule has 0 aliphatic carbocycles. The Bertz CT molecular complexity index is 748. The van der Waals surface area contributed by atoms with Gasteiger partial charge in [0.1, 0.15) is 6.04 Å². The summed E-state index contributed by atoms with van der Waals surface area (Å²) in [5.41, 5.74) is 8.49. The number of nitrogens with zero attached hydrogens (tertiary/aromatic N) is 2. The number of benzene rings is 1. The minimum atomic E-state index is -1.12. The molecular weight excluding hydrogens is 274 g/mol. The van der Waals surface area contributed by atoms with Crippen LogP contribution < -0.4 is 5.73 Å². The van der Waals surface area contributed by atoms with Crippen LogP contribution >= 0.6 is 0 Å². The first kappa shape index (κ1) is 15.0. The van der Waals surface area contributed by atoms with Crippen LogP contribution in [0.15, 0.2) is 12.1 Å². The number of fused-ring (bicyclic) bond motifs is 1. The summed E-state index contributed by atoms with van der Waals surface area (Å²) in [4.78, 5) is 21.8. The average Bonchev–Trinajstić information content (AvgIpc) is 2.63. The Balaban J connectivity index is 2.78. The van der Waals surface area contributed by atoms with Gasteiger partial charge in [-0.05, 0) is 31.0 Å². The van der Waals surface area contributed by atoms with Crippen LogP contribution in [0.2, 0.25) is 0 Å². The highest BCUT2D eigenvalue weighted by Gasteiger charge is 2.25. The van der Waals surface area contributed by atoms with Crippen LogP contribution in [-0.2, 0) is 18.3 Å². The summed E-state index contributed by atoms with van der Waals surface area (Å²) < 4.78 is 1.83. The number of nitrogens with two attached hydrogens (primary N) is 1. The number of nitro benzene ring substituents is 1. The van der Waals surface area contributed by atoms with Crippen LogP contribution in [0.1, 0.15) is 16.8 Å². The van der Waals surface area contributed by atoms with Crippen molar-refractivity contribution in [1.29, 1.82) is 0 Å². The van der Waals surface area contributed by atoms with Crippen molar-refractivity contribution < 1.29 is 14.8 Å². The number of carboxylic acid groups (broad SMARTS) is 1. The maximum atomic E-state index is 11.3. The number of non-ortho nitro benzene ring substituents is 1. The Morgan fingerprint density at radius 2 is 2.10 bits per heavy atom. The Morgan fingerprint density at radius 1 is 1.48 bits per heavy atom. The number of hydrogen-bond donors (Lipinski definition) is 2. The molecular formula is C14H17N3O4. The molecule has 1 aromatic heterocycles. The first-order valence-electron chi connectivity index (χ1n) is 6.45. The molecule has 2 rings (SSSR count). The second-order valence-electron chi connectivity index (χ2n) is 5.21. The van der Waals surface area contributed by atoms with Crippen LogP contribution in [0.25, 0.3) is 10.9 Å². The van der Waals surface area contributed by atoms with Gasteiger partial charge >= 0.3 is 5.97 Å². The van der Waals surface area contributed by atoms with E-state index in [2.05, 4.69) is 0 Å². The molecule has 0 saturated carbocycles. The molecule has 0 spiro atoms. The zero-order chi connectivity index (χ0) is 15.9. The lowest BCUT2D eigenvalue weighted by molar-refractivity contribution is -0.383. The van der Waals surface area contributed by atoms with Crippen LogP contribution in [0.4, 0.5) is 5.69 Å². The lowest BCUT2D eigenvalue weighted by atomic mass is 10.0. The molecule has 1 atom stereocenters. The van der Waals surface area contributed by atoms with E-state index in [1.165, 1.54) is 6.07 Å². The first-order valence-corrected chi connectivity index (χ1v) is 6.45. The maximum Gasteiger partial charge on any atom is 0.320 e. The topological polar surface area (TPSA) is 111 Å². The van der Waals surface area contributed by atoms with Gasteiger partial charge in [-0.3, -0.25) is 14.9 Å². The van der Waals surface area contributed by atoms with E-state index in [0.29, 0.717) is 16.5 Å². The predicted molar refractivity (Wildman–Crippen MR) is 78.4 cm³/mol. The fourth-order valence-corrected chi connectivity index (χ4v) is 2.59. The van der Waals surface area contributed by atoms with E-state index in [1.54, 1.807) is 14.0 Å². The van der Waals surface area contributed by atoms with Gasteiger partial charge in [-0.15, -0.1) is 0 Å². The van der Waals surface area contributed by atoms with Crippen molar-refractivity contribution >= 4 is 22.6 Å². The number of nitro groups is 1. The number of rotatable bonds is 4. The van der Waals surface area contributed by atoms with Gasteiger partial charge in [0, 0.05) is 25.2 Å². The summed E-state index contributed by atoms with van der Waals surface area (Å²) in [6.07, 6.45) is 0.0579. The van der Waals surface area contributed by atoms with Crippen molar-refractivity contribution in [2.24, 2.45) is 12.8 Å². The van der Waals surface area contributed by atoms with E-state index in [0.717, 1.165) is 11.3 Å². The molecule has 0 aliphatic heterocycles. The number of carbonyl (C=O) groups is 1. The van der Waals surface area contributed by atoms with Crippen molar-refractivity contribution in [3.63, 3.8) is 0 Å². The summed E-state index contributed by atoms with van der Waals surface area (Å²) in [6, 6.07) is 2.26. The summed E-state index contributed by atoms with van der Waals surface area (Å²) in [6.45, 7) is 3.60. The van der Waals surface area contributed by atoms with Gasteiger partial charge in [-0.25, -0.2) is 0 Å². The normalized spacial score (nSPS) is 12.6. The summed E-state index contributed by atoms with van der Waals surface area (Å²) in [7, 11) is 1.80. The highest BCUT2D eigenvalue weighted by molar-refractivity contribution is 5.94. The maximum absolute atomic E-state index is 11.3. The second kappa shape index (κ2) is 5.17. The third kappa shape index (κ3) is 2.47. The molecule has 7 heteroatoms. The lowest BCUT2D eigenvalue weighted by Gasteiger charge is -2.07. The number of carboxylic acids is 1. The van der Waals surface area contributed by atoms with Gasteiger partial charge in [0.15, 0.2) is 0 Å². The van der Waals surface area contributed by atoms with E-state index in [9.17, 15) is 14.9 Å². The van der Waals surface area contributed by atoms with E-state index in [-0.39, 0.29) is 12.1 Å². The molecule has 0 bridgehead atoms. The first-order chi connectivity index (χ1) is 9.73. The monoisotopic (exact) mass is 291 g/mol. The number of aryl methyl sites for hydroxylation is 2. The highest BCUT2D eigenvalue weighted by atomic mass is 16.6. The molecule has 1 unspecified atom stereocenters. The number of aromatic nitrogens is 1. The van der Waals surface area contributed by atoms with Gasteiger partial charge in [0.05, 0.1) is 15.8 Å². The highest BCUT2D eigenvalue weighted by Crippen LogP contribution is 2.34. The smallest absolute Gasteiger partial charge is 0.320 e. The third-order valence-corrected chi connectivity index (χ3v) is 3.78. The molecule has 112 valence electrons. The van der Waals surface area contributed by atoms with E-state index in [4.69, 9.17) is 10.8 Å². The fraction of sp³-hybridized carbons (Fsp3) is 0.357. The van der Waals surface area contributed by atoms with Crippen molar-refractivity contribution in [3.8, 4) is 0 Å². The Hall–Kier alpha value is -2.41. The van der Waals surface area contributed by atoms with Crippen molar-refractivity contribution in [2.75, 3.05) is 0 Å². The van der Waals surface area contributed by atoms with Crippen molar-refractivity contribution in [1.82, 2.24) is 4.57 Å². The summed E-state index contributed by atoms with van der Waals surface area (Å²) >= 11 is 0. The minimum Gasteiger partial charge on any atom is -0.480 e. The minimum absolute atomic E-state index is 0.0127. The van der Waals surface area contributed by atoms with E-state index < -0.39 is 16.9 Å². The molecule has 0 fully saturated rings. The zero-order valence-corrected chi connectivity index (χ0v) is 12.1. The SMILES string of the molecule is Cc1cc([N+](=O)[O-])c2c(CC(N)C(=O)O)c(C)n(C)c2c1. The van der Waals surface area contributed by atoms with Crippen LogP contribution in [-0.4, -0.2) is 26.6 Å². The standard InChI is InChI=1S/C14H17N3O4/c1-7-4-11-13(12(5-7)17(20)21)9(8(2)16(11)3)6-10(15)14(18)19/h4-5,10H,6,15H2,1-3H3,(H,18,19). The Kier molecular flexibility index (Phi) is 3.69. The van der Waals surface area contributed by atoms with Crippen LogP contribution in [0, 0.1) is 24.0 Å². The summed E-state index contributed by atoms with van der Waals surface area (Å²) in [5, 5.41) is 20.8. The van der Waals surface area contributed by atoms with E-state index in [1.807, 2.05) is 17.6 Å². The third-order valence-electron chi connectivity index (χ3n) is 3.78. The molecule has 1 heterocycles. The number of hydrogen-bond acceptors (Lipinski definition) is 4. The van der Waals surface area contributed by atoms with Crippen molar-refractivity contribution in [2.45, 2.75) is 26.3 Å². The Labute approximate surface area is 121 Å². The van der Waals surface area contributed by atoms with Crippen LogP contribution in [0.3, 0.4) is 0 Å². The second-order valence-corrected chi connectivity index (χ2v) is 5.21. The fourth-order valence-electron chi connectivity index (χ4n) is 2.59. The molecule has 0 saturated heterocycles. The van der Waals surface area contributed by atoms with Gasteiger partial charge in [-0.2, -0.15) is 0 Å². The average molecular weight is 291 g/mol. The van der Waals surface area contributed by atoms with Gasteiger partial charge < -0.3 is 15.4 Å². The van der Waals surface area contributed by atoms with Crippen LogP contribution in [0.5, 0.6) is 0 Å².